The van der Waals surface area contributed by atoms with Crippen LogP contribution in [0.1, 0.15) is 33.9 Å². The van der Waals surface area contributed by atoms with Gasteiger partial charge in [0.15, 0.2) is 0 Å². The Kier molecular flexibility index (Phi) is 11.1. The molecule has 0 radical (unpaired) electrons. The lowest BCUT2D eigenvalue weighted by atomic mass is 10.2. The Morgan fingerprint density at radius 3 is 2.55 bits per heavy atom. The number of nitrogens with zero attached hydrogens (tertiary/aromatic N) is 3. The van der Waals surface area contributed by atoms with E-state index in [2.05, 4.69) is 10.3 Å². The first kappa shape index (κ1) is 26.1. The first-order chi connectivity index (χ1) is 15.9. The van der Waals surface area contributed by atoms with E-state index in [1.807, 2.05) is 0 Å². The molecular formula is C22H28N4O6S. The Morgan fingerprint density at radius 2 is 1.88 bits per heavy atom. The molecule has 0 unspecified atom stereocenters. The van der Waals surface area contributed by atoms with Crippen molar-refractivity contribution in [1.29, 1.82) is 0 Å². The van der Waals surface area contributed by atoms with Crippen LogP contribution in [0.4, 0.5) is 5.69 Å². The zero-order valence-electron chi connectivity index (χ0n) is 18.7. The summed E-state index contributed by atoms with van der Waals surface area (Å²) in [5, 5.41) is 15.9. The molecule has 178 valence electrons. The van der Waals surface area contributed by atoms with Gasteiger partial charge >= 0.3 is 0 Å². The molecule has 0 saturated heterocycles. The number of carbonyl (C=O) groups excluding carboxylic acids is 2. The van der Waals surface area contributed by atoms with Gasteiger partial charge in [-0.05, 0) is 36.6 Å². The number of carbonyl (C=O) groups is 2. The second kappa shape index (κ2) is 14.1. The second-order valence-electron chi connectivity index (χ2n) is 7.02. The molecule has 0 atom stereocenters. The van der Waals surface area contributed by atoms with Gasteiger partial charge in [0.1, 0.15) is 10.7 Å². The molecule has 1 N–H and O–H groups in total. The number of amides is 2. The van der Waals surface area contributed by atoms with Gasteiger partial charge in [-0.3, -0.25) is 19.7 Å². The minimum atomic E-state index is -0.474. The van der Waals surface area contributed by atoms with Crippen molar-refractivity contribution in [2.75, 3.05) is 40.5 Å². The van der Waals surface area contributed by atoms with E-state index in [-0.39, 0.29) is 24.0 Å². The third-order valence-electron chi connectivity index (χ3n) is 4.53. The van der Waals surface area contributed by atoms with Gasteiger partial charge in [-0.15, -0.1) is 11.3 Å². The molecule has 11 heteroatoms. The molecule has 0 fully saturated rings. The van der Waals surface area contributed by atoms with Gasteiger partial charge in [-0.1, -0.05) is 0 Å². The van der Waals surface area contributed by atoms with Crippen molar-refractivity contribution < 1.29 is 24.0 Å². The number of aromatic nitrogens is 1. The molecule has 0 aliphatic heterocycles. The minimum Gasteiger partial charge on any atom is -0.385 e. The Balaban J connectivity index is 2.01. The number of non-ortho nitro benzene ring substituents is 1. The van der Waals surface area contributed by atoms with Crippen molar-refractivity contribution in [1.82, 2.24) is 15.2 Å². The van der Waals surface area contributed by atoms with Gasteiger partial charge in [0.25, 0.3) is 11.6 Å². The van der Waals surface area contributed by atoms with Crippen LogP contribution in [-0.2, 0) is 20.8 Å². The monoisotopic (exact) mass is 476 g/mol. The molecule has 2 aromatic rings. The van der Waals surface area contributed by atoms with Crippen molar-refractivity contribution in [3.05, 3.63) is 62.1 Å². The molecule has 1 aromatic heterocycles. The fraction of sp³-hybridized carbons (Fsp3) is 0.409. The zero-order valence-corrected chi connectivity index (χ0v) is 19.5. The molecule has 2 rings (SSSR count). The maximum Gasteiger partial charge on any atom is 0.270 e. The number of rotatable bonds is 14. The molecule has 0 aliphatic rings. The number of methoxy groups -OCH3 is 2. The molecular weight excluding hydrogens is 448 g/mol. The summed E-state index contributed by atoms with van der Waals surface area (Å²) < 4.78 is 10.0. The molecule has 0 saturated carbocycles. The number of hydrogen-bond donors (Lipinski definition) is 1. The highest BCUT2D eigenvalue weighted by Gasteiger charge is 2.16. The van der Waals surface area contributed by atoms with Crippen molar-refractivity contribution in [3.8, 4) is 0 Å². The third kappa shape index (κ3) is 9.08. The number of thiazole rings is 1. The molecule has 1 heterocycles. The number of ether oxygens (including phenoxy) is 2. The van der Waals surface area contributed by atoms with E-state index in [0.29, 0.717) is 55.4 Å². The average Bonchev–Trinajstić information content (AvgIpc) is 3.28. The van der Waals surface area contributed by atoms with Crippen LogP contribution in [-0.4, -0.2) is 67.1 Å². The van der Waals surface area contributed by atoms with Gasteiger partial charge in [-0.2, -0.15) is 0 Å². The predicted octanol–water partition coefficient (Wildman–Crippen LogP) is 2.90. The summed E-state index contributed by atoms with van der Waals surface area (Å²) in [6, 6.07) is 5.93. The Morgan fingerprint density at radius 1 is 1.18 bits per heavy atom. The lowest BCUT2D eigenvalue weighted by Crippen LogP contribution is -2.30. The highest BCUT2D eigenvalue weighted by molar-refractivity contribution is 7.09. The fourth-order valence-corrected chi connectivity index (χ4v) is 3.60. The summed E-state index contributed by atoms with van der Waals surface area (Å²) in [6.45, 7) is 2.27. The number of nitro benzene ring substituents is 1. The second-order valence-corrected chi connectivity index (χ2v) is 7.96. The van der Waals surface area contributed by atoms with Gasteiger partial charge in [0.2, 0.25) is 5.91 Å². The van der Waals surface area contributed by atoms with E-state index in [0.717, 1.165) is 0 Å². The summed E-state index contributed by atoms with van der Waals surface area (Å²) in [7, 11) is 3.20. The smallest absolute Gasteiger partial charge is 0.270 e. The summed E-state index contributed by atoms with van der Waals surface area (Å²) in [5.41, 5.74) is 0.979. The van der Waals surface area contributed by atoms with Crippen LogP contribution in [0.5, 0.6) is 0 Å². The van der Waals surface area contributed by atoms with Crippen molar-refractivity contribution in [2.45, 2.75) is 19.4 Å². The average molecular weight is 477 g/mol. The van der Waals surface area contributed by atoms with Gasteiger partial charge in [-0.25, -0.2) is 4.98 Å². The van der Waals surface area contributed by atoms with Crippen LogP contribution in [0.3, 0.4) is 0 Å². The van der Waals surface area contributed by atoms with Crippen molar-refractivity contribution >= 4 is 34.9 Å². The van der Waals surface area contributed by atoms with E-state index in [1.54, 1.807) is 42.7 Å². The van der Waals surface area contributed by atoms with Crippen LogP contribution >= 0.6 is 11.3 Å². The SMILES string of the molecule is COCCCNC(=O)c1csc(CN(CCCOC)C(=O)C=Cc2ccc([N+](=O)[O-])cc2)n1. The minimum absolute atomic E-state index is 0.0121. The zero-order chi connectivity index (χ0) is 24.1. The molecule has 0 bridgehead atoms. The van der Waals surface area contributed by atoms with Crippen LogP contribution in [0.2, 0.25) is 0 Å². The van der Waals surface area contributed by atoms with E-state index in [4.69, 9.17) is 9.47 Å². The van der Waals surface area contributed by atoms with E-state index >= 15 is 0 Å². The lowest BCUT2D eigenvalue weighted by molar-refractivity contribution is -0.384. The molecule has 1 aromatic carbocycles. The number of hydrogen-bond acceptors (Lipinski definition) is 8. The summed E-state index contributed by atoms with van der Waals surface area (Å²) in [5.74, 6) is -0.492. The van der Waals surface area contributed by atoms with Gasteiger partial charge in [0.05, 0.1) is 11.5 Å². The Hall–Kier alpha value is -3.15. The molecule has 0 aliphatic carbocycles. The lowest BCUT2D eigenvalue weighted by Gasteiger charge is -2.20. The maximum atomic E-state index is 12.8. The number of benzene rings is 1. The molecule has 10 nitrogen and oxygen atoms in total. The highest BCUT2D eigenvalue weighted by Crippen LogP contribution is 2.15. The Bertz CT molecular complexity index is 945. The maximum absolute atomic E-state index is 12.8. The molecule has 0 spiro atoms. The molecule has 2 amide bonds. The number of nitrogens with one attached hydrogen (secondary N) is 1. The van der Waals surface area contributed by atoms with Crippen LogP contribution in [0.25, 0.3) is 6.08 Å². The van der Waals surface area contributed by atoms with E-state index < -0.39 is 4.92 Å². The summed E-state index contributed by atoms with van der Waals surface area (Å²) in [4.78, 5) is 41.3. The van der Waals surface area contributed by atoms with Crippen LogP contribution < -0.4 is 5.32 Å². The van der Waals surface area contributed by atoms with Crippen LogP contribution in [0.15, 0.2) is 35.7 Å². The van der Waals surface area contributed by atoms with Gasteiger partial charge in [0, 0.05) is 64.1 Å². The Labute approximate surface area is 196 Å². The first-order valence-corrected chi connectivity index (χ1v) is 11.2. The molecule has 33 heavy (non-hydrogen) atoms. The standard InChI is InChI=1S/C22H28N4O6S/c1-31-13-3-11-23-22(28)19-16-33-20(24-19)15-25(12-4-14-32-2)21(27)10-7-17-5-8-18(9-6-17)26(29)30/h5-10,16H,3-4,11-15H2,1-2H3,(H,23,28). The number of nitro groups is 1. The normalized spacial score (nSPS) is 11.0. The quantitative estimate of drug-likeness (QED) is 0.192. The van der Waals surface area contributed by atoms with Crippen LogP contribution in [0, 0.1) is 10.1 Å². The highest BCUT2D eigenvalue weighted by atomic mass is 32.1. The van der Waals surface area contributed by atoms with Crippen molar-refractivity contribution in [2.24, 2.45) is 0 Å². The third-order valence-corrected chi connectivity index (χ3v) is 5.37. The van der Waals surface area contributed by atoms with Crippen molar-refractivity contribution in [3.63, 3.8) is 0 Å². The fourth-order valence-electron chi connectivity index (χ4n) is 2.81. The van der Waals surface area contributed by atoms with E-state index in [1.165, 1.54) is 29.5 Å². The van der Waals surface area contributed by atoms with Gasteiger partial charge < -0.3 is 19.7 Å². The topological polar surface area (TPSA) is 124 Å². The predicted molar refractivity (Wildman–Crippen MR) is 125 cm³/mol. The first-order valence-electron chi connectivity index (χ1n) is 10.4. The summed E-state index contributed by atoms with van der Waals surface area (Å²) in [6.07, 6.45) is 4.38. The summed E-state index contributed by atoms with van der Waals surface area (Å²) >= 11 is 1.32. The van der Waals surface area contributed by atoms with E-state index in [9.17, 15) is 19.7 Å². The largest absolute Gasteiger partial charge is 0.385 e.